The molecule has 136 valence electrons. The number of nitrogens with one attached hydrogen (secondary N) is 1. The number of halogens is 1. The van der Waals surface area contributed by atoms with E-state index in [0.717, 1.165) is 38.8 Å². The number of nitrogens with zero attached hydrogens (tertiary/aromatic N) is 2. The predicted octanol–water partition coefficient (Wildman–Crippen LogP) is 3.42. The molecule has 1 saturated carbocycles. The van der Waals surface area contributed by atoms with Crippen molar-refractivity contribution < 1.29 is 14.7 Å². The Balaban J connectivity index is 1.60. The molecule has 7 heteroatoms. The molecular formula is C18H24ClN3O3. The minimum Gasteiger partial charge on any atom is -0.481 e. The second-order valence-electron chi connectivity index (χ2n) is 6.94. The second kappa shape index (κ2) is 8.04. The molecule has 0 unspecified atom stereocenters. The van der Waals surface area contributed by atoms with Crippen LogP contribution in [0.5, 0.6) is 0 Å². The van der Waals surface area contributed by atoms with Crippen molar-refractivity contribution in [2.45, 2.75) is 51.0 Å². The summed E-state index contributed by atoms with van der Waals surface area (Å²) in [7, 11) is 0. The first kappa shape index (κ1) is 18.0. The molecule has 1 aromatic heterocycles. The van der Waals surface area contributed by atoms with Crippen LogP contribution in [0.15, 0.2) is 12.3 Å². The van der Waals surface area contributed by atoms with E-state index < -0.39 is 5.97 Å². The van der Waals surface area contributed by atoms with E-state index in [9.17, 15) is 9.59 Å². The van der Waals surface area contributed by atoms with Gasteiger partial charge in [0.2, 0.25) is 0 Å². The van der Waals surface area contributed by atoms with Gasteiger partial charge in [0.25, 0.3) is 5.91 Å². The number of piperidine rings is 1. The number of anilines is 1. The number of carboxylic acid groups (broad SMARTS) is 1. The summed E-state index contributed by atoms with van der Waals surface area (Å²) in [5.74, 6) is -0.403. The molecule has 6 nitrogen and oxygen atoms in total. The molecule has 2 heterocycles. The van der Waals surface area contributed by atoms with Crippen LogP contribution in [0, 0.1) is 5.92 Å². The quantitative estimate of drug-likeness (QED) is 0.854. The largest absolute Gasteiger partial charge is 0.481 e. The normalized spacial score (nSPS) is 24.0. The number of aliphatic carboxylic acids is 1. The molecule has 0 radical (unpaired) electrons. The summed E-state index contributed by atoms with van der Waals surface area (Å²) in [5, 5.41) is 12.8. The van der Waals surface area contributed by atoms with Gasteiger partial charge in [-0.2, -0.15) is 0 Å². The number of pyridine rings is 1. The van der Waals surface area contributed by atoms with Crippen LogP contribution in [0.2, 0.25) is 5.02 Å². The van der Waals surface area contributed by atoms with Crippen LogP contribution in [0.3, 0.4) is 0 Å². The van der Waals surface area contributed by atoms with E-state index in [4.69, 9.17) is 16.7 Å². The Hall–Kier alpha value is -1.82. The molecule has 0 spiro atoms. The Kier molecular flexibility index (Phi) is 5.78. The van der Waals surface area contributed by atoms with Crippen molar-refractivity contribution in [3.8, 4) is 0 Å². The van der Waals surface area contributed by atoms with Crippen molar-refractivity contribution in [1.29, 1.82) is 0 Å². The number of carboxylic acids is 1. The second-order valence-corrected chi connectivity index (χ2v) is 7.35. The summed E-state index contributed by atoms with van der Waals surface area (Å²) in [6, 6.07) is 1.85. The standard InChI is InChI=1S/C18H24ClN3O3/c19-15-10-13(17(23)22-8-2-1-3-9-22)11-20-16(15)21-14-6-4-12(5-7-14)18(24)25/h10-12,14H,1-9H2,(H,20,21)(H,24,25). The van der Waals surface area contributed by atoms with Gasteiger partial charge in [0, 0.05) is 25.3 Å². The van der Waals surface area contributed by atoms with E-state index in [-0.39, 0.29) is 17.9 Å². The maximum absolute atomic E-state index is 12.5. The molecular weight excluding hydrogens is 342 g/mol. The third-order valence-electron chi connectivity index (χ3n) is 5.15. The average Bonchev–Trinajstić information content (AvgIpc) is 2.64. The van der Waals surface area contributed by atoms with Crippen molar-refractivity contribution in [2.75, 3.05) is 18.4 Å². The molecule has 25 heavy (non-hydrogen) atoms. The van der Waals surface area contributed by atoms with Crippen LogP contribution >= 0.6 is 11.6 Å². The number of amides is 1. The maximum atomic E-state index is 12.5. The lowest BCUT2D eigenvalue weighted by atomic mass is 9.86. The minimum absolute atomic E-state index is 0.0115. The van der Waals surface area contributed by atoms with Crippen LogP contribution in [0.1, 0.15) is 55.3 Å². The number of aromatic nitrogens is 1. The third kappa shape index (κ3) is 4.42. The lowest BCUT2D eigenvalue weighted by Crippen LogP contribution is -2.35. The molecule has 0 aromatic carbocycles. The van der Waals surface area contributed by atoms with Crippen LogP contribution in [-0.4, -0.2) is 46.0 Å². The van der Waals surface area contributed by atoms with Gasteiger partial charge in [-0.15, -0.1) is 0 Å². The van der Waals surface area contributed by atoms with E-state index in [0.29, 0.717) is 29.2 Å². The summed E-state index contributed by atoms with van der Waals surface area (Å²) in [6.07, 6.45) is 7.74. The van der Waals surface area contributed by atoms with Gasteiger partial charge in [-0.1, -0.05) is 11.6 Å². The molecule has 2 N–H and O–H groups in total. The highest BCUT2D eigenvalue weighted by molar-refractivity contribution is 6.33. The number of rotatable bonds is 4. The Labute approximate surface area is 152 Å². The molecule has 1 amide bonds. The van der Waals surface area contributed by atoms with E-state index in [1.54, 1.807) is 12.3 Å². The van der Waals surface area contributed by atoms with Crippen LogP contribution in [0.25, 0.3) is 0 Å². The van der Waals surface area contributed by atoms with Crippen LogP contribution in [0.4, 0.5) is 5.82 Å². The number of carbonyl (C=O) groups excluding carboxylic acids is 1. The van der Waals surface area contributed by atoms with Gasteiger partial charge < -0.3 is 15.3 Å². The fourth-order valence-corrected chi connectivity index (χ4v) is 3.84. The van der Waals surface area contributed by atoms with E-state index in [2.05, 4.69) is 10.3 Å². The Morgan fingerprint density at radius 3 is 2.44 bits per heavy atom. The summed E-state index contributed by atoms with van der Waals surface area (Å²) in [6.45, 7) is 1.59. The van der Waals surface area contributed by atoms with E-state index in [1.165, 1.54) is 6.42 Å². The van der Waals surface area contributed by atoms with Gasteiger partial charge in [0.05, 0.1) is 16.5 Å². The molecule has 1 aliphatic heterocycles. The Bertz CT molecular complexity index is 638. The fourth-order valence-electron chi connectivity index (χ4n) is 3.62. The molecule has 0 bridgehead atoms. The maximum Gasteiger partial charge on any atom is 0.306 e. The number of carbonyl (C=O) groups is 2. The first-order valence-electron chi connectivity index (χ1n) is 8.99. The van der Waals surface area contributed by atoms with Gasteiger partial charge in [0.1, 0.15) is 5.82 Å². The smallest absolute Gasteiger partial charge is 0.306 e. The van der Waals surface area contributed by atoms with Crippen molar-refractivity contribution in [2.24, 2.45) is 5.92 Å². The Morgan fingerprint density at radius 1 is 1.16 bits per heavy atom. The molecule has 1 aliphatic carbocycles. The van der Waals surface area contributed by atoms with E-state index in [1.807, 2.05) is 4.90 Å². The average molecular weight is 366 g/mol. The molecule has 3 rings (SSSR count). The van der Waals surface area contributed by atoms with Crippen molar-refractivity contribution in [1.82, 2.24) is 9.88 Å². The van der Waals surface area contributed by atoms with Crippen molar-refractivity contribution >= 4 is 29.3 Å². The highest BCUT2D eigenvalue weighted by atomic mass is 35.5. The zero-order chi connectivity index (χ0) is 17.8. The van der Waals surface area contributed by atoms with Crippen LogP contribution < -0.4 is 5.32 Å². The van der Waals surface area contributed by atoms with Gasteiger partial charge in [-0.3, -0.25) is 9.59 Å². The molecule has 2 aliphatic rings. The summed E-state index contributed by atoms with van der Waals surface area (Å²) in [5.41, 5.74) is 0.520. The predicted molar refractivity (Wildman–Crippen MR) is 96.0 cm³/mol. The summed E-state index contributed by atoms with van der Waals surface area (Å²) >= 11 is 6.32. The van der Waals surface area contributed by atoms with Gasteiger partial charge >= 0.3 is 5.97 Å². The SMILES string of the molecule is O=C(O)C1CCC(Nc2ncc(C(=O)N3CCCCC3)cc2Cl)CC1. The van der Waals surface area contributed by atoms with Crippen molar-refractivity contribution in [3.63, 3.8) is 0 Å². The van der Waals surface area contributed by atoms with Gasteiger partial charge in [-0.05, 0) is 51.0 Å². The highest BCUT2D eigenvalue weighted by Gasteiger charge is 2.26. The van der Waals surface area contributed by atoms with E-state index >= 15 is 0 Å². The first-order valence-corrected chi connectivity index (χ1v) is 9.36. The molecule has 2 fully saturated rings. The fraction of sp³-hybridized carbons (Fsp3) is 0.611. The van der Waals surface area contributed by atoms with Crippen molar-refractivity contribution in [3.05, 3.63) is 22.8 Å². The topological polar surface area (TPSA) is 82.5 Å². The molecule has 1 saturated heterocycles. The lowest BCUT2D eigenvalue weighted by Gasteiger charge is -2.28. The highest BCUT2D eigenvalue weighted by Crippen LogP contribution is 2.29. The lowest BCUT2D eigenvalue weighted by molar-refractivity contribution is -0.142. The third-order valence-corrected chi connectivity index (χ3v) is 5.44. The Morgan fingerprint density at radius 2 is 1.84 bits per heavy atom. The summed E-state index contributed by atoms with van der Waals surface area (Å²) in [4.78, 5) is 29.7. The number of hydrogen-bond donors (Lipinski definition) is 2. The van der Waals surface area contributed by atoms with Gasteiger partial charge in [-0.25, -0.2) is 4.98 Å². The molecule has 1 aromatic rings. The summed E-state index contributed by atoms with van der Waals surface area (Å²) < 4.78 is 0. The van der Waals surface area contributed by atoms with Crippen LogP contribution in [-0.2, 0) is 4.79 Å². The minimum atomic E-state index is -0.713. The zero-order valence-corrected chi connectivity index (χ0v) is 15.0. The first-order chi connectivity index (χ1) is 12.0. The number of likely N-dealkylation sites (tertiary alicyclic amines) is 1. The zero-order valence-electron chi connectivity index (χ0n) is 14.2. The molecule has 0 atom stereocenters. The van der Waals surface area contributed by atoms with Gasteiger partial charge in [0.15, 0.2) is 0 Å². The number of hydrogen-bond acceptors (Lipinski definition) is 4. The monoisotopic (exact) mass is 365 g/mol.